The molecule has 0 heterocycles. The van der Waals surface area contributed by atoms with Crippen molar-refractivity contribution in [1.29, 1.82) is 0 Å². The minimum Gasteiger partial charge on any atom is -0.0654 e. The highest BCUT2D eigenvalue weighted by Gasteiger charge is 2.42. The molecule has 170 valence electrons. The van der Waals surface area contributed by atoms with E-state index in [-0.39, 0.29) is 10.8 Å². The molecule has 0 N–H and O–H groups in total. The van der Waals surface area contributed by atoms with Crippen molar-refractivity contribution < 1.29 is 0 Å². The van der Waals surface area contributed by atoms with Crippen LogP contribution in [0.1, 0.15) is 128 Å². The standard InChI is InChI=1S/C31H46/c1-6-10-12-16-22-31(23-17-13-11-7-2)28-19-15-14-18-26(28)27-21-20-25(24-29(27)31)30(5,8-3)9-4/h14-15,18-21,24H,6-13,16-17,22-23H2,1-5H3. The number of fused-ring (bicyclic) bond motifs is 3. The summed E-state index contributed by atoms with van der Waals surface area (Å²) in [6.45, 7) is 11.8. The number of rotatable bonds is 13. The third-order valence-electron chi connectivity index (χ3n) is 8.44. The van der Waals surface area contributed by atoms with Gasteiger partial charge in [0.25, 0.3) is 0 Å². The van der Waals surface area contributed by atoms with Crippen LogP contribution in [-0.2, 0) is 10.8 Å². The predicted octanol–water partition coefficient (Wildman–Crippen LogP) is 9.97. The van der Waals surface area contributed by atoms with Crippen LogP contribution >= 0.6 is 0 Å². The zero-order valence-corrected chi connectivity index (χ0v) is 21.0. The second kappa shape index (κ2) is 10.8. The van der Waals surface area contributed by atoms with Crippen LogP contribution in [0.2, 0.25) is 0 Å². The monoisotopic (exact) mass is 418 g/mol. The Bertz CT molecular complexity index is 812. The summed E-state index contributed by atoms with van der Waals surface area (Å²) in [5.74, 6) is 0. The van der Waals surface area contributed by atoms with E-state index in [2.05, 4.69) is 77.1 Å². The van der Waals surface area contributed by atoms with Crippen LogP contribution in [0, 0.1) is 0 Å². The van der Waals surface area contributed by atoms with Crippen molar-refractivity contribution in [2.75, 3.05) is 0 Å². The maximum Gasteiger partial charge on any atom is 0.0215 e. The highest BCUT2D eigenvalue weighted by Crippen LogP contribution is 2.55. The molecule has 0 atom stereocenters. The van der Waals surface area contributed by atoms with Crippen LogP contribution in [0.15, 0.2) is 42.5 Å². The predicted molar refractivity (Wildman–Crippen MR) is 138 cm³/mol. The zero-order chi connectivity index (χ0) is 22.3. The Balaban J connectivity index is 2.09. The molecule has 2 aromatic rings. The van der Waals surface area contributed by atoms with Gasteiger partial charge in [-0.05, 0) is 58.9 Å². The molecule has 3 rings (SSSR count). The van der Waals surface area contributed by atoms with E-state index in [1.807, 2.05) is 0 Å². The second-order valence-corrected chi connectivity index (χ2v) is 10.3. The summed E-state index contributed by atoms with van der Waals surface area (Å²) in [6.07, 6.45) is 15.8. The smallest absolute Gasteiger partial charge is 0.0215 e. The first-order chi connectivity index (χ1) is 15.1. The lowest BCUT2D eigenvalue weighted by atomic mass is 9.69. The molecule has 0 spiro atoms. The van der Waals surface area contributed by atoms with E-state index < -0.39 is 0 Å². The van der Waals surface area contributed by atoms with Gasteiger partial charge in [-0.3, -0.25) is 0 Å². The molecule has 0 fully saturated rings. The fourth-order valence-electron chi connectivity index (χ4n) is 5.86. The van der Waals surface area contributed by atoms with Crippen LogP contribution in [-0.4, -0.2) is 0 Å². The molecule has 1 aliphatic rings. The van der Waals surface area contributed by atoms with Crippen LogP contribution < -0.4 is 0 Å². The van der Waals surface area contributed by atoms with Crippen molar-refractivity contribution in [1.82, 2.24) is 0 Å². The molecule has 2 aromatic carbocycles. The summed E-state index contributed by atoms with van der Waals surface area (Å²) in [5, 5.41) is 0. The Morgan fingerprint density at radius 3 is 1.81 bits per heavy atom. The van der Waals surface area contributed by atoms with Gasteiger partial charge in [-0.25, -0.2) is 0 Å². The quantitative estimate of drug-likeness (QED) is 0.284. The molecular formula is C31H46. The van der Waals surface area contributed by atoms with Gasteiger partial charge in [0.15, 0.2) is 0 Å². The molecule has 0 saturated heterocycles. The van der Waals surface area contributed by atoms with E-state index >= 15 is 0 Å². The van der Waals surface area contributed by atoms with E-state index in [0.717, 1.165) is 0 Å². The van der Waals surface area contributed by atoms with E-state index in [0.29, 0.717) is 0 Å². The third-order valence-corrected chi connectivity index (χ3v) is 8.44. The molecule has 0 heteroatoms. The lowest BCUT2D eigenvalue weighted by Gasteiger charge is -2.35. The largest absolute Gasteiger partial charge is 0.0654 e. The normalized spacial score (nSPS) is 14.5. The van der Waals surface area contributed by atoms with Crippen LogP contribution in [0.3, 0.4) is 0 Å². The molecule has 1 aliphatic carbocycles. The van der Waals surface area contributed by atoms with Crippen LogP contribution in [0.4, 0.5) is 0 Å². The van der Waals surface area contributed by atoms with Crippen LogP contribution in [0.25, 0.3) is 11.1 Å². The number of hydrogen-bond donors (Lipinski definition) is 0. The first-order valence-electron chi connectivity index (χ1n) is 13.3. The Hall–Kier alpha value is -1.56. The SMILES string of the molecule is CCCCCCC1(CCCCCC)c2ccccc2-c2ccc(C(C)(CC)CC)cc21. The minimum absolute atomic E-state index is 0.214. The summed E-state index contributed by atoms with van der Waals surface area (Å²) in [5.41, 5.74) is 8.32. The molecule has 0 amide bonds. The van der Waals surface area contributed by atoms with Crippen molar-refractivity contribution in [3.05, 3.63) is 59.2 Å². The van der Waals surface area contributed by atoms with Gasteiger partial charge in [-0.15, -0.1) is 0 Å². The summed E-state index contributed by atoms with van der Waals surface area (Å²) in [6, 6.07) is 16.9. The molecular weight excluding hydrogens is 372 g/mol. The average molecular weight is 419 g/mol. The van der Waals surface area contributed by atoms with Gasteiger partial charge < -0.3 is 0 Å². The molecule has 0 radical (unpaired) electrons. The minimum atomic E-state index is 0.214. The highest BCUT2D eigenvalue weighted by molar-refractivity contribution is 5.81. The summed E-state index contributed by atoms with van der Waals surface area (Å²) in [4.78, 5) is 0. The molecule has 0 bridgehead atoms. The Labute approximate surface area is 192 Å². The highest BCUT2D eigenvalue weighted by atomic mass is 14.5. The van der Waals surface area contributed by atoms with Gasteiger partial charge in [0.2, 0.25) is 0 Å². The molecule has 0 nitrogen and oxygen atoms in total. The van der Waals surface area contributed by atoms with E-state index in [4.69, 9.17) is 0 Å². The van der Waals surface area contributed by atoms with E-state index in [1.54, 1.807) is 16.7 Å². The fourth-order valence-corrected chi connectivity index (χ4v) is 5.86. The number of unbranched alkanes of at least 4 members (excludes halogenated alkanes) is 6. The molecule has 31 heavy (non-hydrogen) atoms. The van der Waals surface area contributed by atoms with Gasteiger partial charge in [-0.2, -0.15) is 0 Å². The topological polar surface area (TPSA) is 0 Å². The summed E-state index contributed by atoms with van der Waals surface area (Å²) in [7, 11) is 0. The third kappa shape index (κ3) is 4.79. The summed E-state index contributed by atoms with van der Waals surface area (Å²) >= 11 is 0. The van der Waals surface area contributed by atoms with Gasteiger partial charge in [0, 0.05) is 5.41 Å². The Kier molecular flexibility index (Phi) is 8.43. The maximum absolute atomic E-state index is 2.64. The van der Waals surface area contributed by atoms with Gasteiger partial charge in [-0.1, -0.05) is 128 Å². The lowest BCUT2D eigenvalue weighted by Crippen LogP contribution is -2.27. The number of hydrogen-bond acceptors (Lipinski definition) is 0. The van der Waals surface area contributed by atoms with Gasteiger partial charge in [0.05, 0.1) is 0 Å². The Morgan fingerprint density at radius 2 is 1.23 bits per heavy atom. The van der Waals surface area contributed by atoms with Crippen molar-refractivity contribution in [3.63, 3.8) is 0 Å². The molecule has 0 aliphatic heterocycles. The van der Waals surface area contributed by atoms with E-state index in [1.165, 1.54) is 88.2 Å². The zero-order valence-electron chi connectivity index (χ0n) is 21.0. The van der Waals surface area contributed by atoms with Crippen molar-refractivity contribution in [2.45, 2.75) is 122 Å². The number of benzene rings is 2. The van der Waals surface area contributed by atoms with Crippen LogP contribution in [0.5, 0.6) is 0 Å². The summed E-state index contributed by atoms with van der Waals surface area (Å²) < 4.78 is 0. The van der Waals surface area contributed by atoms with Gasteiger partial charge in [0.1, 0.15) is 0 Å². The molecule has 0 unspecified atom stereocenters. The van der Waals surface area contributed by atoms with Gasteiger partial charge >= 0.3 is 0 Å². The van der Waals surface area contributed by atoms with Crippen molar-refractivity contribution in [2.24, 2.45) is 0 Å². The van der Waals surface area contributed by atoms with E-state index in [9.17, 15) is 0 Å². The molecule has 0 aromatic heterocycles. The average Bonchev–Trinajstić information content (AvgIpc) is 3.09. The molecule has 0 saturated carbocycles. The Morgan fingerprint density at radius 1 is 0.645 bits per heavy atom. The second-order valence-electron chi connectivity index (χ2n) is 10.3. The lowest BCUT2D eigenvalue weighted by molar-refractivity contribution is 0.397. The maximum atomic E-state index is 2.64. The first kappa shape index (κ1) is 24.1. The van der Waals surface area contributed by atoms with Crippen molar-refractivity contribution in [3.8, 4) is 11.1 Å². The fraction of sp³-hybridized carbons (Fsp3) is 0.613. The van der Waals surface area contributed by atoms with Crippen molar-refractivity contribution >= 4 is 0 Å². The first-order valence-corrected chi connectivity index (χ1v) is 13.3.